The number of carbonyl (C=O) groups excluding carboxylic acids is 3. The monoisotopic (exact) mass is 767 g/mol. The minimum absolute atomic E-state index is 0.00804. The molecule has 0 saturated carbocycles. The van der Waals surface area contributed by atoms with E-state index in [0.29, 0.717) is 6.42 Å². The van der Waals surface area contributed by atoms with Gasteiger partial charge in [0.15, 0.2) is 11.6 Å². The number of hydrogen-bond acceptors (Lipinski definition) is 12. The Bertz CT molecular complexity index is 2170. The summed E-state index contributed by atoms with van der Waals surface area (Å²) >= 11 is 0. The molecule has 16 heteroatoms. The molecule has 0 radical (unpaired) electrons. The second-order valence-corrected chi connectivity index (χ2v) is 14.6. The van der Waals surface area contributed by atoms with Gasteiger partial charge < -0.3 is 32.2 Å². The van der Waals surface area contributed by atoms with Crippen molar-refractivity contribution in [1.82, 2.24) is 0 Å². The smallest absolute Gasteiger partial charge is 0.296 e. The Labute approximate surface area is 309 Å². The first-order chi connectivity index (χ1) is 25.0. The Balaban J connectivity index is 0.000000321. The van der Waals surface area contributed by atoms with Gasteiger partial charge in [0.25, 0.3) is 20.2 Å². The highest BCUT2D eigenvalue weighted by molar-refractivity contribution is 7.86. The second-order valence-electron chi connectivity index (χ2n) is 11.9. The number of anilines is 6. The highest BCUT2D eigenvalue weighted by Gasteiger charge is 2.36. The van der Waals surface area contributed by atoms with Crippen molar-refractivity contribution in [3.63, 3.8) is 0 Å². The summed E-state index contributed by atoms with van der Waals surface area (Å²) in [5.41, 5.74) is 17.1. The summed E-state index contributed by atoms with van der Waals surface area (Å²) in [6.07, 6.45) is 7.59. The predicted octanol–water partition coefficient (Wildman–Crippen LogP) is 6.13. The highest BCUT2D eigenvalue weighted by Crippen LogP contribution is 2.41. The summed E-state index contributed by atoms with van der Waals surface area (Å²) < 4.78 is 66.8. The molecule has 14 nitrogen and oxygen atoms in total. The molecule has 0 aromatic heterocycles. The van der Waals surface area contributed by atoms with Crippen LogP contribution in [0, 0.1) is 0 Å². The lowest BCUT2D eigenvalue weighted by Crippen LogP contribution is -2.25. The van der Waals surface area contributed by atoms with E-state index in [1.165, 1.54) is 61.7 Å². The first kappa shape index (κ1) is 42.1. The van der Waals surface area contributed by atoms with E-state index in [-0.39, 0.29) is 33.8 Å². The van der Waals surface area contributed by atoms with Crippen LogP contribution in [0.4, 0.5) is 34.1 Å². The molecule has 4 aromatic carbocycles. The Morgan fingerprint density at radius 2 is 1.21 bits per heavy atom. The number of nitrogens with one attached hydrogen (secondary N) is 1. The molecule has 1 aliphatic carbocycles. The summed E-state index contributed by atoms with van der Waals surface area (Å²) in [5, 5.41) is 2.56. The van der Waals surface area contributed by atoms with Crippen LogP contribution < -0.4 is 27.4 Å². The van der Waals surface area contributed by atoms with Crippen LogP contribution in [0.25, 0.3) is 0 Å². The van der Waals surface area contributed by atoms with Crippen LogP contribution in [0.15, 0.2) is 82.6 Å². The highest BCUT2D eigenvalue weighted by atomic mass is 32.2. The van der Waals surface area contributed by atoms with Gasteiger partial charge in [-0.25, -0.2) is 0 Å². The Morgan fingerprint density at radius 1 is 0.679 bits per heavy atom. The number of nitrogens with two attached hydrogens (primary N) is 3. The van der Waals surface area contributed by atoms with Crippen LogP contribution in [0.2, 0.25) is 0 Å². The number of carbonyl (C=O) groups is 3. The first-order valence-electron chi connectivity index (χ1n) is 16.8. The lowest BCUT2D eigenvalue weighted by molar-refractivity contribution is -0.107. The minimum Gasteiger partial charge on any atom is -0.399 e. The van der Waals surface area contributed by atoms with Gasteiger partial charge >= 0.3 is 0 Å². The molecule has 1 aliphatic rings. The summed E-state index contributed by atoms with van der Waals surface area (Å²) in [6.45, 7) is 5.07. The van der Waals surface area contributed by atoms with Crippen molar-refractivity contribution < 1.29 is 40.3 Å². The zero-order valence-electron chi connectivity index (χ0n) is 29.7. The quantitative estimate of drug-likeness (QED) is 0.0341. The van der Waals surface area contributed by atoms with E-state index in [0.717, 1.165) is 43.1 Å². The molecule has 0 heterocycles. The molecule has 0 unspecified atom stereocenters. The van der Waals surface area contributed by atoms with E-state index in [9.17, 15) is 40.3 Å². The molecule has 5 rings (SSSR count). The third-order valence-corrected chi connectivity index (χ3v) is 9.97. The topological polar surface area (TPSA) is 253 Å². The molecular formula is C37H45N5O9S2. The molecular weight excluding hydrogens is 723 g/mol. The molecule has 9 N–H and O–H groups in total. The van der Waals surface area contributed by atoms with Crippen molar-refractivity contribution >= 4 is 72.2 Å². The third kappa shape index (κ3) is 10.6. The van der Waals surface area contributed by atoms with E-state index in [1.54, 1.807) is 0 Å². The zero-order chi connectivity index (χ0) is 39.5. The number of hydrogen-bond donors (Lipinski definition) is 6. The molecule has 284 valence electrons. The van der Waals surface area contributed by atoms with Gasteiger partial charge in [-0.05, 0) is 61.4 Å². The average molecular weight is 768 g/mol. The van der Waals surface area contributed by atoms with Gasteiger partial charge in [-0.15, -0.1) is 0 Å². The number of aldehydes is 1. The van der Waals surface area contributed by atoms with Gasteiger partial charge in [-0.1, -0.05) is 57.4 Å². The maximum atomic E-state index is 13.3. The summed E-state index contributed by atoms with van der Waals surface area (Å²) in [7, 11) is -7.66. The van der Waals surface area contributed by atoms with Gasteiger partial charge in [-0.3, -0.25) is 18.7 Å². The largest absolute Gasteiger partial charge is 0.399 e. The summed E-state index contributed by atoms with van der Waals surface area (Å²) in [6, 6.07) is 17.9. The van der Waals surface area contributed by atoms with Crippen LogP contribution >= 0.6 is 0 Å². The van der Waals surface area contributed by atoms with E-state index >= 15 is 0 Å². The van der Waals surface area contributed by atoms with Crippen LogP contribution in [-0.2, 0) is 25.0 Å². The fourth-order valence-electron chi connectivity index (χ4n) is 5.57. The standard InChI is InChI=1S/C20H15N3O8S2.C15H24N2O.C2H6/c21-9-5-6-12(14(7-9)32(26,27)28)23-13-8-15(33(29,30)31)18(22)17-16(13)19(24)10-3-1-2-4-11(10)20(17)25;1-17(15-10-8-14(16)9-11-15)12-6-4-2-3-5-7-13-18;1-2/h1-8,23H,21-22H2,(H,26,27,28)(H,29,30,31);8-11,13H,2-7,12,16H2,1H3;1-2H3. The fraction of sp³-hybridized carbons (Fsp3) is 0.270. The van der Waals surface area contributed by atoms with Gasteiger partial charge in [-0.2, -0.15) is 16.8 Å². The van der Waals surface area contributed by atoms with Crippen molar-refractivity contribution in [2.24, 2.45) is 0 Å². The Hall–Kier alpha value is -5.29. The SMILES string of the molecule is CC.CN(CCCCCCCC=O)c1ccc(N)cc1.Nc1ccc(Nc2cc(S(=O)(=O)O)c(N)c3c2C(=O)c2ccccc2C3=O)c(S(=O)(=O)O)c1. The number of nitrogen functional groups attached to an aromatic ring is 3. The van der Waals surface area contributed by atoms with Crippen LogP contribution in [0.5, 0.6) is 0 Å². The summed E-state index contributed by atoms with van der Waals surface area (Å²) in [5.74, 6) is -1.46. The number of rotatable bonds is 13. The number of benzene rings is 4. The normalized spacial score (nSPS) is 11.9. The third-order valence-electron chi connectivity index (χ3n) is 8.18. The number of fused-ring (bicyclic) bond motifs is 2. The molecule has 53 heavy (non-hydrogen) atoms. The molecule has 0 amide bonds. The van der Waals surface area contributed by atoms with Crippen molar-refractivity contribution in [2.45, 2.75) is 62.2 Å². The molecule has 0 aliphatic heterocycles. The maximum Gasteiger partial charge on any atom is 0.296 e. The number of unbranched alkanes of at least 4 members (excludes halogenated alkanes) is 5. The maximum absolute atomic E-state index is 13.3. The van der Waals surface area contributed by atoms with Crippen molar-refractivity contribution in [2.75, 3.05) is 41.0 Å². The first-order valence-corrected chi connectivity index (χ1v) is 19.7. The minimum atomic E-state index is -4.96. The molecule has 0 fully saturated rings. The van der Waals surface area contributed by atoms with Crippen LogP contribution in [0.3, 0.4) is 0 Å². The van der Waals surface area contributed by atoms with Gasteiger partial charge in [0, 0.05) is 48.2 Å². The predicted molar refractivity (Wildman–Crippen MR) is 207 cm³/mol. The van der Waals surface area contributed by atoms with Crippen molar-refractivity contribution in [3.8, 4) is 0 Å². The number of nitrogens with zero attached hydrogens (tertiary/aromatic N) is 1. The van der Waals surface area contributed by atoms with Crippen LogP contribution in [-0.4, -0.2) is 57.4 Å². The van der Waals surface area contributed by atoms with E-state index in [4.69, 9.17) is 17.2 Å². The van der Waals surface area contributed by atoms with Crippen molar-refractivity contribution in [3.05, 3.63) is 95.1 Å². The van der Waals surface area contributed by atoms with Gasteiger partial charge in [0.05, 0.1) is 28.2 Å². The molecule has 0 atom stereocenters. The molecule has 0 bridgehead atoms. The molecule has 0 spiro atoms. The van der Waals surface area contributed by atoms with Gasteiger partial charge in [0.1, 0.15) is 16.1 Å². The Kier molecular flexibility index (Phi) is 14.7. The van der Waals surface area contributed by atoms with Gasteiger partial charge in [0.2, 0.25) is 0 Å². The van der Waals surface area contributed by atoms with E-state index in [2.05, 4.69) is 29.4 Å². The number of ketones is 2. The second kappa shape index (κ2) is 18.5. The Morgan fingerprint density at radius 3 is 1.77 bits per heavy atom. The van der Waals surface area contributed by atoms with Crippen LogP contribution in [0.1, 0.15) is 84.2 Å². The lowest BCUT2D eigenvalue weighted by atomic mass is 9.82. The van der Waals surface area contributed by atoms with E-state index in [1.807, 2.05) is 26.0 Å². The van der Waals surface area contributed by atoms with Crippen molar-refractivity contribution in [1.29, 1.82) is 0 Å². The zero-order valence-corrected chi connectivity index (χ0v) is 31.3. The average Bonchev–Trinajstić information content (AvgIpc) is 3.12. The molecule has 0 saturated heterocycles. The van der Waals surface area contributed by atoms with E-state index < -0.39 is 52.8 Å². The lowest BCUT2D eigenvalue weighted by Gasteiger charge is -2.24. The molecule has 4 aromatic rings. The fourth-order valence-corrected chi connectivity index (χ4v) is 6.90. The summed E-state index contributed by atoms with van der Waals surface area (Å²) in [4.78, 5) is 37.3.